The predicted octanol–water partition coefficient (Wildman–Crippen LogP) is 12.5. The third kappa shape index (κ3) is 3.95. The van der Waals surface area contributed by atoms with Crippen LogP contribution in [0.15, 0.2) is 188 Å². The summed E-state index contributed by atoms with van der Waals surface area (Å²) in [6.45, 7) is 0. The van der Waals surface area contributed by atoms with E-state index in [0.29, 0.717) is 0 Å². The van der Waals surface area contributed by atoms with Gasteiger partial charge in [-0.2, -0.15) is 0 Å². The van der Waals surface area contributed by atoms with Crippen LogP contribution >= 0.6 is 0 Å². The summed E-state index contributed by atoms with van der Waals surface area (Å²) in [6, 6.07) is 68.6. The lowest BCUT2D eigenvalue weighted by atomic mass is 9.57. The van der Waals surface area contributed by atoms with Gasteiger partial charge in [0.05, 0.1) is 16.4 Å². The Morgan fingerprint density at radius 2 is 1.06 bits per heavy atom. The second-order valence-electron chi connectivity index (χ2n) is 13.9. The topological polar surface area (TPSA) is 14.2 Å². The van der Waals surface area contributed by atoms with E-state index in [-0.39, 0.29) is 0 Å². The SMILES string of the molecule is c1ccc(-c2cccc3c2C2(c4ccccc4Cc4c(-c5cccc6c7ccccc7n(-c7ccccc7)c56)cccc42)c2ccccc2O3)cc1. The van der Waals surface area contributed by atoms with Gasteiger partial charge >= 0.3 is 0 Å². The van der Waals surface area contributed by atoms with Gasteiger partial charge in [0.25, 0.3) is 0 Å². The molecule has 2 heterocycles. The van der Waals surface area contributed by atoms with E-state index in [1.807, 2.05) is 0 Å². The Kier molecular flexibility index (Phi) is 6.26. The Hall–Kier alpha value is -6.64. The van der Waals surface area contributed by atoms with Crippen molar-refractivity contribution in [1.82, 2.24) is 4.57 Å². The Labute approximate surface area is 302 Å². The summed E-state index contributed by atoms with van der Waals surface area (Å²) in [5.74, 6) is 1.80. The highest BCUT2D eigenvalue weighted by Crippen LogP contribution is 2.61. The van der Waals surface area contributed by atoms with Crippen LogP contribution in [0.25, 0.3) is 49.7 Å². The highest BCUT2D eigenvalue weighted by atomic mass is 16.5. The third-order valence-corrected chi connectivity index (χ3v) is 11.4. The Morgan fingerprint density at radius 3 is 1.94 bits per heavy atom. The van der Waals surface area contributed by atoms with Gasteiger partial charge in [0.1, 0.15) is 11.5 Å². The van der Waals surface area contributed by atoms with Crippen LogP contribution in [0.4, 0.5) is 0 Å². The Balaban J connectivity index is 1.29. The number of benzene rings is 8. The lowest BCUT2D eigenvalue weighted by molar-refractivity contribution is 0.433. The summed E-state index contributed by atoms with van der Waals surface area (Å²) in [4.78, 5) is 0. The molecule has 2 aliphatic rings. The first-order valence-electron chi connectivity index (χ1n) is 18.1. The molecule has 0 fully saturated rings. The molecule has 9 aromatic rings. The first kappa shape index (κ1) is 29.1. The Morgan fingerprint density at radius 1 is 0.442 bits per heavy atom. The second kappa shape index (κ2) is 11.2. The summed E-state index contributed by atoms with van der Waals surface area (Å²) in [5, 5.41) is 2.52. The average molecular weight is 664 g/mol. The van der Waals surface area contributed by atoms with E-state index in [1.54, 1.807) is 0 Å². The molecule has 1 aromatic heterocycles. The molecular formula is C50H33NO. The summed E-state index contributed by atoms with van der Waals surface area (Å²) in [7, 11) is 0. The highest BCUT2D eigenvalue weighted by molar-refractivity contribution is 6.14. The summed E-state index contributed by atoms with van der Waals surface area (Å²) in [6.07, 6.45) is 0.831. The molecule has 1 atom stereocenters. The van der Waals surface area contributed by atoms with Crippen molar-refractivity contribution in [2.24, 2.45) is 0 Å². The fourth-order valence-corrected chi connectivity index (χ4v) is 9.38. The van der Waals surface area contributed by atoms with Crippen LogP contribution in [0, 0.1) is 0 Å². The fourth-order valence-electron chi connectivity index (χ4n) is 9.38. The molecule has 1 spiro atoms. The monoisotopic (exact) mass is 663 g/mol. The largest absolute Gasteiger partial charge is 0.457 e. The van der Waals surface area contributed by atoms with Crippen molar-refractivity contribution >= 4 is 21.8 Å². The summed E-state index contributed by atoms with van der Waals surface area (Å²) < 4.78 is 9.32. The number of fused-ring (bicyclic) bond motifs is 11. The molecule has 8 aromatic carbocycles. The molecular weight excluding hydrogens is 631 g/mol. The van der Waals surface area contributed by atoms with Gasteiger partial charge in [0, 0.05) is 33.2 Å². The van der Waals surface area contributed by atoms with Crippen molar-refractivity contribution in [3.05, 3.63) is 221 Å². The van der Waals surface area contributed by atoms with Gasteiger partial charge in [-0.3, -0.25) is 0 Å². The summed E-state index contributed by atoms with van der Waals surface area (Å²) in [5.41, 5.74) is 15.5. The molecule has 1 unspecified atom stereocenters. The number of ether oxygens (including phenoxy) is 1. The van der Waals surface area contributed by atoms with Crippen LogP contribution in [0.1, 0.15) is 33.4 Å². The molecule has 1 aliphatic heterocycles. The maximum atomic E-state index is 6.86. The number of nitrogens with zero attached hydrogens (tertiary/aromatic N) is 1. The predicted molar refractivity (Wildman–Crippen MR) is 213 cm³/mol. The number of rotatable bonds is 3. The Bertz CT molecular complexity index is 2840. The van der Waals surface area contributed by atoms with Gasteiger partial charge in [-0.1, -0.05) is 158 Å². The van der Waals surface area contributed by atoms with Crippen LogP contribution in [-0.4, -0.2) is 4.57 Å². The van der Waals surface area contributed by atoms with E-state index >= 15 is 0 Å². The molecule has 2 nitrogen and oxygen atoms in total. The maximum Gasteiger partial charge on any atom is 0.132 e. The van der Waals surface area contributed by atoms with Crippen molar-refractivity contribution in [2.75, 3.05) is 0 Å². The molecule has 0 saturated carbocycles. The van der Waals surface area contributed by atoms with Crippen molar-refractivity contribution in [1.29, 1.82) is 0 Å². The van der Waals surface area contributed by atoms with E-state index in [1.165, 1.54) is 77.4 Å². The van der Waals surface area contributed by atoms with Crippen LogP contribution < -0.4 is 4.74 Å². The van der Waals surface area contributed by atoms with Crippen LogP contribution in [0.2, 0.25) is 0 Å². The molecule has 0 saturated heterocycles. The normalized spacial score (nSPS) is 15.5. The van der Waals surface area contributed by atoms with E-state index in [4.69, 9.17) is 4.74 Å². The smallest absolute Gasteiger partial charge is 0.132 e. The van der Waals surface area contributed by atoms with Gasteiger partial charge in [-0.15, -0.1) is 0 Å². The molecule has 0 radical (unpaired) electrons. The molecule has 0 amide bonds. The van der Waals surface area contributed by atoms with Gasteiger partial charge in [-0.25, -0.2) is 0 Å². The van der Waals surface area contributed by atoms with Gasteiger partial charge < -0.3 is 9.30 Å². The molecule has 244 valence electrons. The minimum Gasteiger partial charge on any atom is -0.457 e. The van der Waals surface area contributed by atoms with Crippen molar-refractivity contribution in [3.8, 4) is 39.4 Å². The number of aromatic nitrogens is 1. The zero-order valence-electron chi connectivity index (χ0n) is 28.5. The number of hydrogen-bond acceptors (Lipinski definition) is 1. The van der Waals surface area contributed by atoms with Crippen molar-refractivity contribution in [2.45, 2.75) is 11.8 Å². The molecule has 1 aliphatic carbocycles. The molecule has 0 N–H and O–H groups in total. The third-order valence-electron chi connectivity index (χ3n) is 11.4. The maximum absolute atomic E-state index is 6.86. The minimum absolute atomic E-state index is 0.614. The fraction of sp³-hybridized carbons (Fsp3) is 0.0400. The van der Waals surface area contributed by atoms with Crippen molar-refractivity contribution < 1.29 is 4.74 Å². The van der Waals surface area contributed by atoms with E-state index in [9.17, 15) is 0 Å². The lowest BCUT2D eigenvalue weighted by Crippen LogP contribution is -2.39. The molecule has 11 rings (SSSR count). The van der Waals surface area contributed by atoms with E-state index in [0.717, 1.165) is 23.6 Å². The van der Waals surface area contributed by atoms with Gasteiger partial charge in [0.15, 0.2) is 0 Å². The molecule has 52 heavy (non-hydrogen) atoms. The quantitative estimate of drug-likeness (QED) is 0.183. The first-order chi connectivity index (χ1) is 25.8. The number of para-hydroxylation sites is 4. The van der Waals surface area contributed by atoms with Crippen LogP contribution in [0.5, 0.6) is 11.5 Å². The van der Waals surface area contributed by atoms with E-state index in [2.05, 4.69) is 193 Å². The zero-order valence-corrected chi connectivity index (χ0v) is 28.5. The van der Waals surface area contributed by atoms with Crippen LogP contribution in [-0.2, 0) is 11.8 Å². The van der Waals surface area contributed by atoms with Crippen LogP contribution in [0.3, 0.4) is 0 Å². The van der Waals surface area contributed by atoms with Gasteiger partial charge in [0.2, 0.25) is 0 Å². The average Bonchev–Trinajstić information content (AvgIpc) is 3.56. The molecule has 2 heteroatoms. The zero-order chi connectivity index (χ0) is 34.2. The number of hydrogen-bond donors (Lipinski definition) is 0. The van der Waals surface area contributed by atoms with Gasteiger partial charge in [-0.05, 0) is 75.7 Å². The lowest BCUT2D eigenvalue weighted by Gasteiger charge is -2.47. The summed E-state index contributed by atoms with van der Waals surface area (Å²) >= 11 is 0. The second-order valence-corrected chi connectivity index (χ2v) is 13.9. The molecule has 0 bridgehead atoms. The minimum atomic E-state index is -0.614. The van der Waals surface area contributed by atoms with E-state index < -0.39 is 5.41 Å². The first-order valence-corrected chi connectivity index (χ1v) is 18.1. The standard InChI is InChI=1S/C50H33NO/c1-3-16-33(17-4-1)36-22-15-31-47-48(36)50(44-27-10-12-30-46(44)52-47)42-26-9-7-18-34(42)32-41-37(23-14-28-43(41)50)39-24-13-25-40-38-21-8-11-29-45(38)51(49(39)40)35-19-5-2-6-20-35/h1-31H,32H2. The highest BCUT2D eigenvalue weighted by Gasteiger charge is 2.50. The van der Waals surface area contributed by atoms with Crippen molar-refractivity contribution in [3.63, 3.8) is 0 Å².